The van der Waals surface area contributed by atoms with E-state index in [9.17, 15) is 14.4 Å². The molecular weight excluding hydrogens is 306 g/mol. The summed E-state index contributed by atoms with van der Waals surface area (Å²) in [6.45, 7) is 2.21. The lowest BCUT2D eigenvalue weighted by atomic mass is 10.2. The lowest BCUT2D eigenvalue weighted by Gasteiger charge is -2.08. The summed E-state index contributed by atoms with van der Waals surface area (Å²) >= 11 is 0. The molecule has 2 rings (SSSR count). The van der Waals surface area contributed by atoms with Crippen LogP contribution in [0.25, 0.3) is 0 Å². The Kier molecular flexibility index (Phi) is 6.08. The second-order valence-electron chi connectivity index (χ2n) is 5.04. The Bertz CT molecular complexity index is 729. The number of carbonyl (C=O) groups excluding carboxylic acids is 3. The molecule has 0 bridgehead atoms. The Labute approximate surface area is 140 Å². The van der Waals surface area contributed by atoms with E-state index in [-0.39, 0.29) is 24.3 Å². The summed E-state index contributed by atoms with van der Waals surface area (Å²) in [7, 11) is 0. The predicted octanol–water partition coefficient (Wildman–Crippen LogP) is 1.80. The number of hydrogen-bond acceptors (Lipinski definition) is 3. The van der Waals surface area contributed by atoms with Crippen molar-refractivity contribution in [3.05, 3.63) is 65.7 Å². The zero-order valence-corrected chi connectivity index (χ0v) is 13.3. The Morgan fingerprint density at radius 1 is 0.833 bits per heavy atom. The van der Waals surface area contributed by atoms with E-state index in [1.54, 1.807) is 48.5 Å². The van der Waals surface area contributed by atoms with Gasteiger partial charge in [-0.3, -0.25) is 14.4 Å². The van der Waals surface area contributed by atoms with E-state index in [0.717, 1.165) is 0 Å². The van der Waals surface area contributed by atoms with Crippen LogP contribution in [0.1, 0.15) is 27.6 Å². The molecule has 0 radical (unpaired) electrons. The van der Waals surface area contributed by atoms with E-state index < -0.39 is 0 Å². The number of rotatable bonds is 6. The molecular formula is C18H19N3O3. The Morgan fingerprint density at radius 3 is 2.21 bits per heavy atom. The zero-order valence-electron chi connectivity index (χ0n) is 13.3. The van der Waals surface area contributed by atoms with Crippen LogP contribution in [0.4, 0.5) is 5.69 Å². The highest BCUT2D eigenvalue weighted by atomic mass is 16.2. The quantitative estimate of drug-likeness (QED) is 0.757. The van der Waals surface area contributed by atoms with E-state index in [2.05, 4.69) is 16.0 Å². The van der Waals surface area contributed by atoms with Gasteiger partial charge >= 0.3 is 0 Å². The van der Waals surface area contributed by atoms with Crippen molar-refractivity contribution in [2.75, 3.05) is 18.4 Å². The lowest BCUT2D eigenvalue weighted by Crippen LogP contribution is -2.32. The predicted molar refractivity (Wildman–Crippen MR) is 91.9 cm³/mol. The minimum atomic E-state index is -0.368. The van der Waals surface area contributed by atoms with Crippen LogP contribution >= 0.6 is 0 Å². The second-order valence-corrected chi connectivity index (χ2v) is 5.04. The molecule has 2 aromatic rings. The monoisotopic (exact) mass is 325 g/mol. The first-order chi connectivity index (χ1) is 11.6. The molecule has 0 spiro atoms. The van der Waals surface area contributed by atoms with Gasteiger partial charge in [0, 0.05) is 23.4 Å². The third kappa shape index (κ3) is 4.95. The lowest BCUT2D eigenvalue weighted by molar-refractivity contribution is -0.115. The van der Waals surface area contributed by atoms with Gasteiger partial charge in [-0.05, 0) is 37.3 Å². The van der Waals surface area contributed by atoms with Gasteiger partial charge in [0.2, 0.25) is 5.91 Å². The number of anilines is 1. The number of carbonyl (C=O) groups is 3. The van der Waals surface area contributed by atoms with Crippen LogP contribution in [-0.2, 0) is 4.79 Å². The minimum absolute atomic E-state index is 0.154. The molecule has 0 aliphatic rings. The van der Waals surface area contributed by atoms with Crippen molar-refractivity contribution >= 4 is 23.4 Å². The maximum absolute atomic E-state index is 11.9. The first kappa shape index (κ1) is 17.2. The van der Waals surface area contributed by atoms with Gasteiger partial charge in [-0.25, -0.2) is 0 Å². The van der Waals surface area contributed by atoms with Crippen LogP contribution < -0.4 is 16.0 Å². The molecule has 2 aromatic carbocycles. The molecule has 3 N–H and O–H groups in total. The van der Waals surface area contributed by atoms with Crippen LogP contribution in [0.3, 0.4) is 0 Å². The van der Waals surface area contributed by atoms with Gasteiger partial charge in [0.1, 0.15) is 0 Å². The molecule has 0 aromatic heterocycles. The first-order valence-electron chi connectivity index (χ1n) is 7.61. The fourth-order valence-electron chi connectivity index (χ4n) is 2.06. The SMILES string of the molecule is CCNC(=O)c1cccc(NC(=O)CNC(=O)c2ccccc2)c1. The van der Waals surface area contributed by atoms with Gasteiger partial charge in [0.15, 0.2) is 0 Å². The summed E-state index contributed by atoms with van der Waals surface area (Å²) in [5.74, 6) is -0.889. The highest BCUT2D eigenvalue weighted by Crippen LogP contribution is 2.10. The van der Waals surface area contributed by atoms with Crippen LogP contribution in [0.15, 0.2) is 54.6 Å². The van der Waals surface area contributed by atoms with Gasteiger partial charge in [0.25, 0.3) is 11.8 Å². The topological polar surface area (TPSA) is 87.3 Å². The van der Waals surface area contributed by atoms with E-state index in [1.165, 1.54) is 0 Å². The fourth-order valence-corrected chi connectivity index (χ4v) is 2.06. The van der Waals surface area contributed by atoms with Crippen molar-refractivity contribution in [1.29, 1.82) is 0 Å². The standard InChI is InChI=1S/C18H19N3O3/c1-2-19-18(24)14-9-6-10-15(11-14)21-16(22)12-20-17(23)13-7-4-3-5-8-13/h3-11H,2,12H2,1H3,(H,19,24)(H,20,23)(H,21,22). The average Bonchev–Trinajstić information content (AvgIpc) is 2.61. The molecule has 0 saturated heterocycles. The van der Waals surface area contributed by atoms with Gasteiger partial charge in [-0.15, -0.1) is 0 Å². The van der Waals surface area contributed by atoms with Crippen LogP contribution in [-0.4, -0.2) is 30.8 Å². The second kappa shape index (κ2) is 8.47. The molecule has 124 valence electrons. The first-order valence-corrected chi connectivity index (χ1v) is 7.61. The van der Waals surface area contributed by atoms with E-state index in [4.69, 9.17) is 0 Å². The Morgan fingerprint density at radius 2 is 1.50 bits per heavy atom. The van der Waals surface area contributed by atoms with Crippen LogP contribution in [0, 0.1) is 0 Å². The Balaban J connectivity index is 1.89. The van der Waals surface area contributed by atoms with E-state index >= 15 is 0 Å². The van der Waals surface area contributed by atoms with Gasteiger partial charge in [0.05, 0.1) is 6.54 Å². The molecule has 0 saturated carbocycles. The summed E-state index contributed by atoms with van der Waals surface area (Å²) in [6.07, 6.45) is 0. The molecule has 24 heavy (non-hydrogen) atoms. The van der Waals surface area contributed by atoms with Crippen LogP contribution in [0.2, 0.25) is 0 Å². The van der Waals surface area contributed by atoms with Crippen molar-refractivity contribution in [3.63, 3.8) is 0 Å². The molecule has 0 atom stereocenters. The van der Waals surface area contributed by atoms with Gasteiger partial charge < -0.3 is 16.0 Å². The molecule has 0 heterocycles. The molecule has 0 aliphatic heterocycles. The smallest absolute Gasteiger partial charge is 0.251 e. The maximum Gasteiger partial charge on any atom is 0.251 e. The largest absolute Gasteiger partial charge is 0.352 e. The molecule has 0 aliphatic carbocycles. The fraction of sp³-hybridized carbons (Fsp3) is 0.167. The number of hydrogen-bond donors (Lipinski definition) is 3. The highest BCUT2D eigenvalue weighted by molar-refractivity contribution is 6.00. The summed E-state index contributed by atoms with van der Waals surface area (Å²) in [4.78, 5) is 35.6. The van der Waals surface area contributed by atoms with Crippen molar-refractivity contribution in [1.82, 2.24) is 10.6 Å². The van der Waals surface area contributed by atoms with Crippen molar-refractivity contribution in [2.24, 2.45) is 0 Å². The third-order valence-corrected chi connectivity index (χ3v) is 3.19. The molecule has 6 nitrogen and oxygen atoms in total. The summed E-state index contributed by atoms with van der Waals surface area (Å²) in [5.41, 5.74) is 1.45. The van der Waals surface area contributed by atoms with Crippen molar-refractivity contribution in [2.45, 2.75) is 6.92 Å². The summed E-state index contributed by atoms with van der Waals surface area (Å²) in [6, 6.07) is 15.3. The molecule has 6 heteroatoms. The van der Waals surface area contributed by atoms with Gasteiger partial charge in [-0.2, -0.15) is 0 Å². The van der Waals surface area contributed by atoms with Crippen LogP contribution in [0.5, 0.6) is 0 Å². The van der Waals surface area contributed by atoms with E-state index in [1.807, 2.05) is 13.0 Å². The number of benzene rings is 2. The van der Waals surface area contributed by atoms with Gasteiger partial charge in [-0.1, -0.05) is 24.3 Å². The molecule has 0 fully saturated rings. The average molecular weight is 325 g/mol. The molecule has 0 unspecified atom stereocenters. The molecule has 3 amide bonds. The van der Waals surface area contributed by atoms with Crippen molar-refractivity contribution in [3.8, 4) is 0 Å². The normalized spacial score (nSPS) is 9.88. The number of nitrogens with one attached hydrogen (secondary N) is 3. The Hall–Kier alpha value is -3.15. The maximum atomic E-state index is 11.9. The minimum Gasteiger partial charge on any atom is -0.352 e. The highest BCUT2D eigenvalue weighted by Gasteiger charge is 2.09. The summed E-state index contributed by atoms with van der Waals surface area (Å²) in [5, 5.41) is 7.89. The third-order valence-electron chi connectivity index (χ3n) is 3.19. The zero-order chi connectivity index (χ0) is 17.4. The number of amides is 3. The van der Waals surface area contributed by atoms with Crippen molar-refractivity contribution < 1.29 is 14.4 Å². The van der Waals surface area contributed by atoms with E-state index in [0.29, 0.717) is 23.4 Å². The summed E-state index contributed by atoms with van der Waals surface area (Å²) < 4.78 is 0.